The number of aryl methyl sites for hydroxylation is 1. The highest BCUT2D eigenvalue weighted by molar-refractivity contribution is 5.31. The Hall–Kier alpha value is -1.03. The predicted octanol–water partition coefficient (Wildman–Crippen LogP) is 1.97. The Bertz CT molecular complexity index is 355. The number of rotatable bonds is 1. The number of hydrogen-bond acceptors (Lipinski definition) is 2. The van der Waals surface area contributed by atoms with Gasteiger partial charge in [-0.3, -0.25) is 4.98 Å². The van der Waals surface area contributed by atoms with Gasteiger partial charge >= 0.3 is 0 Å². The van der Waals surface area contributed by atoms with Crippen LogP contribution >= 0.6 is 0 Å². The monoisotopic (exact) mass is 198 g/mol. The number of pyridine rings is 1. The SMILES string of the molecule is Cc1ncccc1C1(N)CC(F)(F)C1. The van der Waals surface area contributed by atoms with E-state index in [0.29, 0.717) is 0 Å². The van der Waals surface area contributed by atoms with Gasteiger partial charge in [0.2, 0.25) is 0 Å². The van der Waals surface area contributed by atoms with E-state index in [1.54, 1.807) is 25.3 Å². The molecule has 2 rings (SSSR count). The van der Waals surface area contributed by atoms with Crippen LogP contribution in [0, 0.1) is 6.92 Å². The molecule has 2 N–H and O–H groups in total. The molecule has 1 saturated carbocycles. The lowest BCUT2D eigenvalue weighted by molar-refractivity contribution is -0.125. The van der Waals surface area contributed by atoms with Gasteiger partial charge in [0.15, 0.2) is 0 Å². The summed E-state index contributed by atoms with van der Waals surface area (Å²) in [5.74, 6) is -2.60. The lowest BCUT2D eigenvalue weighted by Crippen LogP contribution is -2.55. The van der Waals surface area contributed by atoms with Crippen molar-refractivity contribution < 1.29 is 8.78 Å². The molecule has 1 aliphatic rings. The van der Waals surface area contributed by atoms with E-state index in [-0.39, 0.29) is 12.8 Å². The Morgan fingerprint density at radius 1 is 1.43 bits per heavy atom. The van der Waals surface area contributed by atoms with Gasteiger partial charge in [0.1, 0.15) is 0 Å². The van der Waals surface area contributed by atoms with Crippen molar-refractivity contribution in [3.63, 3.8) is 0 Å². The number of hydrogen-bond donors (Lipinski definition) is 1. The van der Waals surface area contributed by atoms with Crippen molar-refractivity contribution in [2.24, 2.45) is 5.73 Å². The third-order valence-corrected chi connectivity index (χ3v) is 2.69. The molecule has 1 aromatic rings. The maximum absolute atomic E-state index is 12.8. The van der Waals surface area contributed by atoms with Crippen LogP contribution in [0.3, 0.4) is 0 Å². The van der Waals surface area contributed by atoms with Crippen LogP contribution in [-0.4, -0.2) is 10.9 Å². The van der Waals surface area contributed by atoms with Crippen LogP contribution in [0.2, 0.25) is 0 Å². The van der Waals surface area contributed by atoms with Crippen molar-refractivity contribution in [2.45, 2.75) is 31.2 Å². The van der Waals surface area contributed by atoms with Crippen LogP contribution in [0.25, 0.3) is 0 Å². The third-order valence-electron chi connectivity index (χ3n) is 2.69. The minimum atomic E-state index is -2.60. The average molecular weight is 198 g/mol. The summed E-state index contributed by atoms with van der Waals surface area (Å²) < 4.78 is 25.5. The van der Waals surface area contributed by atoms with Crippen molar-refractivity contribution in [1.29, 1.82) is 0 Å². The second kappa shape index (κ2) is 2.73. The number of halogens is 2. The number of alkyl halides is 2. The molecule has 2 nitrogen and oxygen atoms in total. The van der Waals surface area contributed by atoms with Crippen molar-refractivity contribution in [3.05, 3.63) is 29.6 Å². The lowest BCUT2D eigenvalue weighted by Gasteiger charge is -2.45. The molecule has 0 bridgehead atoms. The average Bonchev–Trinajstić information content (AvgIpc) is 2.00. The molecule has 14 heavy (non-hydrogen) atoms. The molecular formula is C10H12F2N2. The highest BCUT2D eigenvalue weighted by Crippen LogP contribution is 2.50. The number of aromatic nitrogens is 1. The predicted molar refractivity (Wildman–Crippen MR) is 49.0 cm³/mol. The van der Waals surface area contributed by atoms with Gasteiger partial charge in [-0.2, -0.15) is 0 Å². The van der Waals surface area contributed by atoms with Crippen LogP contribution in [0.5, 0.6) is 0 Å². The summed E-state index contributed by atoms with van der Waals surface area (Å²) in [4.78, 5) is 4.05. The summed E-state index contributed by atoms with van der Waals surface area (Å²) in [7, 11) is 0. The molecule has 0 aromatic carbocycles. The summed E-state index contributed by atoms with van der Waals surface area (Å²) >= 11 is 0. The van der Waals surface area contributed by atoms with Crippen LogP contribution < -0.4 is 5.73 Å². The lowest BCUT2D eigenvalue weighted by atomic mass is 9.69. The van der Waals surface area contributed by atoms with E-state index in [0.717, 1.165) is 11.3 Å². The smallest absolute Gasteiger partial charge is 0.252 e. The molecule has 4 heteroatoms. The highest BCUT2D eigenvalue weighted by atomic mass is 19.3. The fraction of sp³-hybridized carbons (Fsp3) is 0.500. The van der Waals surface area contributed by atoms with Crippen molar-refractivity contribution in [1.82, 2.24) is 4.98 Å². The van der Waals surface area contributed by atoms with Gasteiger partial charge in [0, 0.05) is 24.7 Å². The van der Waals surface area contributed by atoms with Crippen molar-refractivity contribution in [2.75, 3.05) is 0 Å². The molecule has 0 aliphatic heterocycles. The summed E-state index contributed by atoms with van der Waals surface area (Å²) in [5.41, 5.74) is 6.49. The molecule has 0 saturated heterocycles. The van der Waals surface area contributed by atoms with Gasteiger partial charge in [0.25, 0.3) is 5.92 Å². The molecule has 1 fully saturated rings. The van der Waals surface area contributed by atoms with Gasteiger partial charge in [0.05, 0.1) is 5.54 Å². The standard InChI is InChI=1S/C10H12F2N2/c1-7-8(3-2-4-14-7)9(13)5-10(11,12)6-9/h2-4H,5-6,13H2,1H3. The molecule has 1 aliphatic carbocycles. The first-order chi connectivity index (χ1) is 6.43. The highest BCUT2D eigenvalue weighted by Gasteiger charge is 2.55. The molecule has 1 aromatic heterocycles. The summed E-state index contributed by atoms with van der Waals surface area (Å²) in [6, 6.07) is 3.50. The van der Waals surface area contributed by atoms with E-state index in [2.05, 4.69) is 4.98 Å². The Labute approximate surface area is 81.1 Å². The zero-order valence-electron chi connectivity index (χ0n) is 7.93. The Morgan fingerprint density at radius 3 is 2.57 bits per heavy atom. The van der Waals surface area contributed by atoms with E-state index in [1.807, 2.05) is 0 Å². The van der Waals surface area contributed by atoms with E-state index < -0.39 is 11.5 Å². The molecule has 0 radical (unpaired) electrons. The van der Waals surface area contributed by atoms with Crippen LogP contribution in [0.4, 0.5) is 8.78 Å². The van der Waals surface area contributed by atoms with E-state index in [9.17, 15) is 8.78 Å². The first kappa shape index (κ1) is 9.52. The normalized spacial score (nSPS) is 22.9. The zero-order chi connectivity index (χ0) is 10.4. The molecule has 0 unspecified atom stereocenters. The summed E-state index contributed by atoms with van der Waals surface area (Å²) in [6.45, 7) is 1.79. The zero-order valence-corrected chi connectivity index (χ0v) is 7.93. The fourth-order valence-corrected chi connectivity index (χ4v) is 2.07. The van der Waals surface area contributed by atoms with Gasteiger partial charge < -0.3 is 5.73 Å². The van der Waals surface area contributed by atoms with Crippen molar-refractivity contribution >= 4 is 0 Å². The Morgan fingerprint density at radius 2 is 2.07 bits per heavy atom. The quantitative estimate of drug-likeness (QED) is 0.749. The first-order valence-corrected chi connectivity index (χ1v) is 4.52. The second-order valence-electron chi connectivity index (χ2n) is 4.00. The second-order valence-corrected chi connectivity index (χ2v) is 4.00. The van der Waals surface area contributed by atoms with Crippen LogP contribution in [0.1, 0.15) is 24.1 Å². The van der Waals surface area contributed by atoms with Crippen molar-refractivity contribution in [3.8, 4) is 0 Å². The van der Waals surface area contributed by atoms with Gasteiger partial charge in [-0.1, -0.05) is 6.07 Å². The van der Waals surface area contributed by atoms with Gasteiger partial charge in [-0.25, -0.2) is 8.78 Å². The van der Waals surface area contributed by atoms with E-state index >= 15 is 0 Å². The van der Waals surface area contributed by atoms with E-state index in [1.165, 1.54) is 0 Å². The summed E-state index contributed by atoms with van der Waals surface area (Å²) in [5, 5.41) is 0. The molecular weight excluding hydrogens is 186 g/mol. The van der Waals surface area contributed by atoms with Gasteiger partial charge in [-0.15, -0.1) is 0 Å². The first-order valence-electron chi connectivity index (χ1n) is 4.52. The largest absolute Gasteiger partial charge is 0.321 e. The number of nitrogens with zero attached hydrogens (tertiary/aromatic N) is 1. The topological polar surface area (TPSA) is 38.9 Å². The van der Waals surface area contributed by atoms with Crippen LogP contribution in [0.15, 0.2) is 18.3 Å². The maximum atomic E-state index is 12.8. The minimum Gasteiger partial charge on any atom is -0.321 e. The molecule has 0 spiro atoms. The maximum Gasteiger partial charge on any atom is 0.252 e. The van der Waals surface area contributed by atoms with Gasteiger partial charge in [-0.05, 0) is 18.6 Å². The molecule has 0 atom stereocenters. The summed E-state index contributed by atoms with van der Waals surface area (Å²) in [6.07, 6.45) is 1.10. The molecule has 76 valence electrons. The molecule has 1 heterocycles. The Kier molecular flexibility index (Phi) is 1.86. The molecule has 0 amide bonds. The minimum absolute atomic E-state index is 0.271. The third kappa shape index (κ3) is 1.39. The Balaban J connectivity index is 2.30. The number of nitrogens with two attached hydrogens (primary N) is 1. The fourth-order valence-electron chi connectivity index (χ4n) is 2.07. The van der Waals surface area contributed by atoms with Crippen LogP contribution in [-0.2, 0) is 5.54 Å². The van der Waals surface area contributed by atoms with E-state index in [4.69, 9.17) is 5.73 Å².